The first-order valence-electron chi connectivity index (χ1n) is 0.569. The summed E-state index contributed by atoms with van der Waals surface area (Å²) in [6.45, 7) is 0. The van der Waals surface area contributed by atoms with Gasteiger partial charge in [-0.15, -0.1) is 0 Å². The molecule has 0 aromatic heterocycles. The van der Waals surface area contributed by atoms with E-state index in [0.717, 1.165) is 0 Å². The van der Waals surface area contributed by atoms with Crippen molar-refractivity contribution in [1.29, 1.82) is 0 Å². The van der Waals surface area contributed by atoms with Crippen LogP contribution < -0.4 is 64.8 Å². The molecule has 0 rings (SSSR count). The van der Waals surface area contributed by atoms with Gasteiger partial charge in [-0.1, -0.05) is 0 Å². The van der Waals surface area contributed by atoms with Crippen LogP contribution in [0.2, 0.25) is 0 Å². The molecule has 0 atom stereocenters. The van der Waals surface area contributed by atoms with Gasteiger partial charge in [-0.25, -0.2) is 0 Å². The van der Waals surface area contributed by atoms with E-state index in [9.17, 15) is 0 Å². The van der Waals surface area contributed by atoms with Gasteiger partial charge in [-0.2, -0.15) is 0 Å². The second-order valence-electron chi connectivity index (χ2n) is 0.136. The molecule has 0 bridgehead atoms. The topological polar surface area (TPSA) is 43.1 Å². The number of rotatable bonds is 0. The molecule has 0 aliphatic rings. The van der Waals surface area contributed by atoms with E-state index in [2.05, 4.69) is 5.73 Å². The Bertz CT molecular complexity index is 23.2. The van der Waals surface area contributed by atoms with Crippen molar-refractivity contribution in [1.82, 2.24) is 0 Å². The Balaban J connectivity index is -0.00000000333. The van der Waals surface area contributed by atoms with Crippen molar-refractivity contribution in [3.05, 3.63) is 0 Å². The fourth-order valence-corrected chi connectivity index (χ4v) is 0. The van der Waals surface area contributed by atoms with Crippen LogP contribution in [0.25, 0.3) is 0 Å². The molecule has 0 aliphatic carbocycles. The monoisotopic (exact) mass is 93.0 g/mol. The standard InChI is InChI=1S/CH3NO.2Na.2H/c2-1-3;;;;/h1H,(H2,2,3);;;;/q;2*+1;2*-1. The number of carbonyl (C=O) groups is 1. The molecule has 0 saturated heterocycles. The van der Waals surface area contributed by atoms with E-state index in [1.807, 2.05) is 0 Å². The summed E-state index contributed by atoms with van der Waals surface area (Å²) >= 11 is 0. The maximum Gasteiger partial charge on any atom is 1.00 e. The van der Waals surface area contributed by atoms with E-state index in [1.54, 1.807) is 0 Å². The largest absolute Gasteiger partial charge is 1.00 e. The SMILES string of the molecule is NC=O.[H-].[H-].[Na+].[Na+]. The summed E-state index contributed by atoms with van der Waals surface area (Å²) in [6, 6.07) is 0. The molecule has 0 fully saturated rings. The number of primary amides is 1. The summed E-state index contributed by atoms with van der Waals surface area (Å²) in [5.74, 6) is 0. The van der Waals surface area contributed by atoms with Crippen molar-refractivity contribution >= 4 is 6.41 Å². The van der Waals surface area contributed by atoms with Crippen LogP contribution in [0, 0.1) is 0 Å². The van der Waals surface area contributed by atoms with Gasteiger partial charge in [0.1, 0.15) is 0 Å². The van der Waals surface area contributed by atoms with Gasteiger partial charge >= 0.3 is 59.1 Å². The normalized spacial score (nSPS) is 2.40. The van der Waals surface area contributed by atoms with E-state index in [-0.39, 0.29) is 68.4 Å². The average Bonchev–Trinajstić information content (AvgIpc) is 0.918. The van der Waals surface area contributed by atoms with Crippen molar-refractivity contribution in [3.63, 3.8) is 0 Å². The fraction of sp³-hybridized carbons (Fsp3) is 0. The van der Waals surface area contributed by atoms with Gasteiger partial charge < -0.3 is 8.59 Å². The third kappa shape index (κ3) is 30.5. The van der Waals surface area contributed by atoms with Gasteiger partial charge in [0, 0.05) is 0 Å². The predicted molar refractivity (Wildman–Crippen MR) is 12.5 cm³/mol. The van der Waals surface area contributed by atoms with Gasteiger partial charge in [0.15, 0.2) is 0 Å². The Morgan fingerprint density at radius 2 is 1.60 bits per heavy atom. The van der Waals surface area contributed by atoms with Gasteiger partial charge in [-0.3, -0.25) is 4.79 Å². The maximum atomic E-state index is 8.58. The molecule has 0 unspecified atom stereocenters. The van der Waals surface area contributed by atoms with Crippen molar-refractivity contribution < 1.29 is 66.8 Å². The van der Waals surface area contributed by atoms with Gasteiger partial charge in [0.2, 0.25) is 6.41 Å². The Labute approximate surface area is 78.0 Å². The van der Waals surface area contributed by atoms with E-state index >= 15 is 0 Å². The molecule has 0 saturated carbocycles. The Morgan fingerprint density at radius 3 is 1.60 bits per heavy atom. The zero-order valence-electron chi connectivity index (χ0n) is 5.56. The zero-order chi connectivity index (χ0) is 2.71. The van der Waals surface area contributed by atoms with Crippen LogP contribution in [-0.2, 0) is 4.79 Å². The molecule has 0 heterocycles. The summed E-state index contributed by atoms with van der Waals surface area (Å²) in [7, 11) is 0. The van der Waals surface area contributed by atoms with E-state index in [4.69, 9.17) is 4.79 Å². The minimum atomic E-state index is 0. The minimum Gasteiger partial charge on any atom is -1.00 e. The van der Waals surface area contributed by atoms with Crippen LogP contribution in [0.15, 0.2) is 0 Å². The molecular weight excluding hydrogens is 88.0 g/mol. The number of amides is 1. The summed E-state index contributed by atoms with van der Waals surface area (Å²) in [5.41, 5.74) is 4.17. The van der Waals surface area contributed by atoms with Crippen LogP contribution in [0.3, 0.4) is 0 Å². The molecule has 5 heavy (non-hydrogen) atoms. The van der Waals surface area contributed by atoms with Crippen molar-refractivity contribution in [2.24, 2.45) is 5.73 Å². The van der Waals surface area contributed by atoms with Crippen LogP contribution in [0.4, 0.5) is 0 Å². The molecule has 2 N–H and O–H groups in total. The summed E-state index contributed by atoms with van der Waals surface area (Å²) in [5, 5.41) is 0. The van der Waals surface area contributed by atoms with Crippen LogP contribution in [0.1, 0.15) is 2.85 Å². The van der Waals surface area contributed by atoms with Crippen LogP contribution in [-0.4, -0.2) is 6.41 Å². The minimum absolute atomic E-state index is 0. The summed E-state index contributed by atoms with van der Waals surface area (Å²) in [6.07, 6.45) is 0.250. The number of carbonyl (C=O) groups excluding carboxylic acids is 1. The first-order chi connectivity index (χ1) is 1.41. The zero-order valence-corrected chi connectivity index (χ0v) is 7.56. The smallest absolute Gasteiger partial charge is 1.00 e. The van der Waals surface area contributed by atoms with Crippen molar-refractivity contribution in [3.8, 4) is 0 Å². The van der Waals surface area contributed by atoms with Gasteiger partial charge in [0.05, 0.1) is 0 Å². The molecule has 1 amide bonds. The second kappa shape index (κ2) is 17.9. The molecule has 0 radical (unpaired) electrons. The van der Waals surface area contributed by atoms with Crippen LogP contribution in [0.5, 0.6) is 0 Å². The molecule has 4 heteroatoms. The maximum absolute atomic E-state index is 8.58. The number of hydrogen-bond acceptors (Lipinski definition) is 1. The molecule has 0 aromatic rings. The first kappa shape index (κ1) is 16.1. The van der Waals surface area contributed by atoms with Crippen molar-refractivity contribution in [2.75, 3.05) is 0 Å². The molecule has 2 nitrogen and oxygen atoms in total. The molecule has 22 valence electrons. The molecule has 0 aromatic carbocycles. The third-order valence-corrected chi connectivity index (χ3v) is 0. The van der Waals surface area contributed by atoms with Crippen molar-refractivity contribution in [2.45, 2.75) is 0 Å². The first-order valence-corrected chi connectivity index (χ1v) is 0.569. The molecular formula is CH5NNa2O. The van der Waals surface area contributed by atoms with Gasteiger partial charge in [-0.05, 0) is 0 Å². The molecule has 0 aliphatic heterocycles. The van der Waals surface area contributed by atoms with Gasteiger partial charge in [0.25, 0.3) is 0 Å². The Kier molecular flexibility index (Phi) is 57.6. The molecule has 0 spiro atoms. The third-order valence-electron chi connectivity index (χ3n) is 0. The van der Waals surface area contributed by atoms with E-state index in [0.29, 0.717) is 0 Å². The number of hydrogen-bond donors (Lipinski definition) is 1. The Hall–Kier alpha value is 1.47. The van der Waals surface area contributed by atoms with Crippen LogP contribution >= 0.6 is 0 Å². The van der Waals surface area contributed by atoms with E-state index < -0.39 is 0 Å². The van der Waals surface area contributed by atoms with E-state index in [1.165, 1.54) is 0 Å². The summed E-state index contributed by atoms with van der Waals surface area (Å²) in [4.78, 5) is 8.58. The summed E-state index contributed by atoms with van der Waals surface area (Å²) < 4.78 is 0. The fourth-order valence-electron chi connectivity index (χ4n) is 0. The number of nitrogens with two attached hydrogens (primary N) is 1. The average molecular weight is 93.0 g/mol. The Morgan fingerprint density at radius 1 is 1.60 bits per heavy atom. The predicted octanol–water partition coefficient (Wildman–Crippen LogP) is -6.67. The quantitative estimate of drug-likeness (QED) is 0.235. The second-order valence-corrected chi connectivity index (χ2v) is 0.136.